The molecule has 18 heavy (non-hydrogen) atoms. The summed E-state index contributed by atoms with van der Waals surface area (Å²) < 4.78 is 5.83. The van der Waals surface area contributed by atoms with E-state index >= 15 is 0 Å². The fourth-order valence-electron chi connectivity index (χ4n) is 1.75. The van der Waals surface area contributed by atoms with Crippen molar-refractivity contribution >= 4 is 0 Å². The molecule has 3 heteroatoms. The quantitative estimate of drug-likeness (QED) is 0.891. The number of rotatable bonds is 4. The molecule has 0 aliphatic heterocycles. The van der Waals surface area contributed by atoms with Gasteiger partial charge in [0.05, 0.1) is 5.69 Å². The molecule has 0 aliphatic rings. The van der Waals surface area contributed by atoms with E-state index in [0.717, 1.165) is 29.2 Å². The van der Waals surface area contributed by atoms with E-state index in [2.05, 4.69) is 11.9 Å². The molecule has 0 bridgehead atoms. The Balaban J connectivity index is 2.22. The van der Waals surface area contributed by atoms with Crippen molar-refractivity contribution < 1.29 is 4.74 Å². The highest BCUT2D eigenvalue weighted by Gasteiger charge is 2.06. The smallest absolute Gasteiger partial charge is 0.148 e. The lowest BCUT2D eigenvalue weighted by Crippen LogP contribution is -2.08. The second kappa shape index (κ2) is 5.65. The fourth-order valence-corrected chi connectivity index (χ4v) is 1.75. The van der Waals surface area contributed by atoms with Gasteiger partial charge >= 0.3 is 0 Å². The van der Waals surface area contributed by atoms with Gasteiger partial charge < -0.3 is 10.5 Å². The molecule has 2 rings (SSSR count). The van der Waals surface area contributed by atoms with Gasteiger partial charge in [0.2, 0.25) is 0 Å². The summed E-state index contributed by atoms with van der Waals surface area (Å²) in [7, 11) is 0. The highest BCUT2D eigenvalue weighted by molar-refractivity contribution is 5.36. The highest BCUT2D eigenvalue weighted by Crippen LogP contribution is 2.26. The van der Waals surface area contributed by atoms with E-state index in [1.54, 1.807) is 6.20 Å². The van der Waals surface area contributed by atoms with Crippen LogP contribution in [0.2, 0.25) is 0 Å². The monoisotopic (exact) mass is 242 g/mol. The van der Waals surface area contributed by atoms with Gasteiger partial charge in [-0.25, -0.2) is 0 Å². The van der Waals surface area contributed by atoms with Crippen LogP contribution in [0.4, 0.5) is 0 Å². The van der Waals surface area contributed by atoms with E-state index in [1.807, 2.05) is 43.3 Å². The van der Waals surface area contributed by atoms with Gasteiger partial charge in [0.1, 0.15) is 11.5 Å². The van der Waals surface area contributed by atoms with Gasteiger partial charge in [0.25, 0.3) is 0 Å². The minimum atomic E-state index is 0.0588. The Morgan fingerprint density at radius 2 is 2.11 bits per heavy atom. The molecule has 0 saturated carbocycles. The van der Waals surface area contributed by atoms with Crippen molar-refractivity contribution in [2.24, 2.45) is 5.73 Å². The average Bonchev–Trinajstić information content (AvgIpc) is 2.41. The maximum atomic E-state index is 6.02. The first-order chi connectivity index (χ1) is 8.70. The molecule has 94 valence electrons. The molecule has 3 nitrogen and oxygen atoms in total. The van der Waals surface area contributed by atoms with Crippen LogP contribution in [0.3, 0.4) is 0 Å². The Morgan fingerprint density at radius 3 is 2.83 bits per heavy atom. The fraction of sp³-hybridized carbons (Fsp3) is 0.267. The molecule has 0 amide bonds. The van der Waals surface area contributed by atoms with Crippen LogP contribution in [0, 0.1) is 6.92 Å². The van der Waals surface area contributed by atoms with E-state index in [4.69, 9.17) is 10.5 Å². The van der Waals surface area contributed by atoms with Gasteiger partial charge in [-0.15, -0.1) is 0 Å². The second-order valence-corrected chi connectivity index (χ2v) is 4.28. The zero-order valence-electron chi connectivity index (χ0n) is 10.8. The van der Waals surface area contributed by atoms with Crippen molar-refractivity contribution in [3.8, 4) is 11.5 Å². The third-order valence-electron chi connectivity index (χ3n) is 2.91. The molecule has 0 spiro atoms. The zero-order valence-corrected chi connectivity index (χ0v) is 10.8. The third-order valence-corrected chi connectivity index (χ3v) is 2.91. The first kappa shape index (κ1) is 12.6. The minimum Gasteiger partial charge on any atom is -0.455 e. The van der Waals surface area contributed by atoms with Gasteiger partial charge in [-0.1, -0.05) is 19.1 Å². The SMILES string of the molecule is CCC(N)c1cccc(Oc2cccnc2C)c1. The van der Waals surface area contributed by atoms with E-state index in [0.29, 0.717) is 0 Å². The minimum absolute atomic E-state index is 0.0588. The number of aromatic nitrogens is 1. The van der Waals surface area contributed by atoms with Crippen LogP contribution in [-0.4, -0.2) is 4.98 Å². The predicted molar refractivity (Wildman–Crippen MR) is 72.7 cm³/mol. The van der Waals surface area contributed by atoms with Gasteiger partial charge in [0.15, 0.2) is 0 Å². The molecule has 1 unspecified atom stereocenters. The van der Waals surface area contributed by atoms with Crippen LogP contribution in [0.15, 0.2) is 42.6 Å². The number of ether oxygens (including phenoxy) is 1. The summed E-state index contributed by atoms with van der Waals surface area (Å²) in [6.45, 7) is 4.00. The topological polar surface area (TPSA) is 48.1 Å². The summed E-state index contributed by atoms with van der Waals surface area (Å²) in [5, 5.41) is 0. The largest absolute Gasteiger partial charge is 0.455 e. The van der Waals surface area contributed by atoms with Crippen molar-refractivity contribution in [2.75, 3.05) is 0 Å². The van der Waals surface area contributed by atoms with Crippen LogP contribution >= 0.6 is 0 Å². The Hall–Kier alpha value is -1.87. The predicted octanol–water partition coefficient (Wildman–Crippen LogP) is 3.59. The van der Waals surface area contributed by atoms with Crippen LogP contribution in [0.25, 0.3) is 0 Å². The molecule has 0 radical (unpaired) electrons. The average molecular weight is 242 g/mol. The summed E-state index contributed by atoms with van der Waals surface area (Å²) in [6, 6.07) is 11.7. The van der Waals surface area contributed by atoms with Crippen LogP contribution in [0.1, 0.15) is 30.6 Å². The number of pyridine rings is 1. The van der Waals surface area contributed by atoms with Crippen molar-refractivity contribution in [3.05, 3.63) is 53.9 Å². The second-order valence-electron chi connectivity index (χ2n) is 4.28. The van der Waals surface area contributed by atoms with Gasteiger partial charge in [-0.3, -0.25) is 4.98 Å². The maximum Gasteiger partial charge on any atom is 0.148 e. The first-order valence-electron chi connectivity index (χ1n) is 6.15. The molecular weight excluding hydrogens is 224 g/mol. The van der Waals surface area contributed by atoms with Crippen LogP contribution in [0.5, 0.6) is 11.5 Å². The normalized spacial score (nSPS) is 12.2. The Morgan fingerprint density at radius 1 is 1.28 bits per heavy atom. The molecule has 0 saturated heterocycles. The molecule has 1 atom stereocenters. The summed E-state index contributed by atoms with van der Waals surface area (Å²) in [4.78, 5) is 4.20. The number of benzene rings is 1. The lowest BCUT2D eigenvalue weighted by molar-refractivity contribution is 0.474. The lowest BCUT2D eigenvalue weighted by Gasteiger charge is -2.12. The molecule has 2 aromatic rings. The molecule has 1 heterocycles. The van der Waals surface area contributed by atoms with Gasteiger partial charge in [-0.05, 0) is 43.2 Å². The Labute approximate surface area is 108 Å². The van der Waals surface area contributed by atoms with Gasteiger partial charge in [-0.2, -0.15) is 0 Å². The standard InChI is InChI=1S/C15H18N2O/c1-3-14(16)12-6-4-7-13(10-12)18-15-8-5-9-17-11(15)2/h4-10,14H,3,16H2,1-2H3. The zero-order chi connectivity index (χ0) is 13.0. The number of hydrogen-bond donors (Lipinski definition) is 1. The van der Waals surface area contributed by atoms with Crippen molar-refractivity contribution in [3.63, 3.8) is 0 Å². The highest BCUT2D eigenvalue weighted by atomic mass is 16.5. The molecular formula is C15H18N2O. The maximum absolute atomic E-state index is 6.02. The van der Waals surface area contributed by atoms with Crippen molar-refractivity contribution in [2.45, 2.75) is 26.3 Å². The number of nitrogens with zero attached hydrogens (tertiary/aromatic N) is 1. The molecule has 1 aromatic heterocycles. The van der Waals surface area contributed by atoms with E-state index < -0.39 is 0 Å². The van der Waals surface area contributed by atoms with Crippen LogP contribution in [-0.2, 0) is 0 Å². The van der Waals surface area contributed by atoms with Crippen molar-refractivity contribution in [1.29, 1.82) is 0 Å². The lowest BCUT2D eigenvalue weighted by atomic mass is 10.1. The van der Waals surface area contributed by atoms with E-state index in [-0.39, 0.29) is 6.04 Å². The Kier molecular flexibility index (Phi) is 3.95. The first-order valence-corrected chi connectivity index (χ1v) is 6.15. The molecule has 0 fully saturated rings. The summed E-state index contributed by atoms with van der Waals surface area (Å²) >= 11 is 0. The van der Waals surface area contributed by atoms with E-state index in [1.165, 1.54) is 0 Å². The number of nitrogens with two attached hydrogens (primary N) is 1. The molecule has 1 aromatic carbocycles. The van der Waals surface area contributed by atoms with Crippen molar-refractivity contribution in [1.82, 2.24) is 4.98 Å². The van der Waals surface area contributed by atoms with Crippen LogP contribution < -0.4 is 10.5 Å². The molecule has 2 N–H and O–H groups in total. The number of aryl methyl sites for hydroxylation is 1. The molecule has 0 aliphatic carbocycles. The summed E-state index contributed by atoms with van der Waals surface area (Å²) in [5.74, 6) is 1.58. The van der Waals surface area contributed by atoms with Gasteiger partial charge in [0, 0.05) is 12.2 Å². The summed E-state index contributed by atoms with van der Waals surface area (Å²) in [5.41, 5.74) is 7.99. The Bertz CT molecular complexity index is 525. The summed E-state index contributed by atoms with van der Waals surface area (Å²) in [6.07, 6.45) is 2.67. The number of hydrogen-bond acceptors (Lipinski definition) is 3. The van der Waals surface area contributed by atoms with E-state index in [9.17, 15) is 0 Å². The third kappa shape index (κ3) is 2.87.